The molecule has 0 saturated heterocycles. The smallest absolute Gasteiger partial charge is 0.324 e. The fraction of sp³-hybridized carbons (Fsp3) is 0.192. The number of carbonyl (C=O) groups excluding carboxylic acids is 1. The van der Waals surface area contributed by atoms with E-state index in [9.17, 15) is 22.4 Å². The molecule has 1 aliphatic rings. The molecule has 9 heteroatoms. The highest BCUT2D eigenvalue weighted by Crippen LogP contribution is 2.39. The van der Waals surface area contributed by atoms with Crippen LogP contribution in [0.2, 0.25) is 0 Å². The van der Waals surface area contributed by atoms with Gasteiger partial charge in [0.25, 0.3) is 5.91 Å². The highest BCUT2D eigenvalue weighted by atomic mass is 19.4. The third-order valence-electron chi connectivity index (χ3n) is 5.84. The van der Waals surface area contributed by atoms with Gasteiger partial charge in [0.05, 0.1) is 24.4 Å². The second kappa shape index (κ2) is 9.22. The fourth-order valence-electron chi connectivity index (χ4n) is 3.88. The molecule has 0 bridgehead atoms. The molecule has 5 nitrogen and oxygen atoms in total. The van der Waals surface area contributed by atoms with Gasteiger partial charge >= 0.3 is 6.18 Å². The Morgan fingerprint density at radius 2 is 1.80 bits per heavy atom. The summed E-state index contributed by atoms with van der Waals surface area (Å²) in [4.78, 5) is 16.4. The number of alkyl halides is 3. The van der Waals surface area contributed by atoms with E-state index >= 15 is 0 Å². The maximum atomic E-state index is 13.5. The molecule has 1 aliphatic heterocycles. The summed E-state index contributed by atoms with van der Waals surface area (Å²) in [5, 5.41) is 8.79. The quantitative estimate of drug-likeness (QED) is 0.339. The molecular formula is C26H20F4N4O. The van der Waals surface area contributed by atoms with Gasteiger partial charge in [-0.1, -0.05) is 48.5 Å². The van der Waals surface area contributed by atoms with Crippen molar-refractivity contribution in [2.45, 2.75) is 31.6 Å². The van der Waals surface area contributed by atoms with E-state index in [2.05, 4.69) is 15.3 Å². The Labute approximate surface area is 199 Å². The zero-order chi connectivity index (χ0) is 25.2. The minimum atomic E-state index is -4.74. The van der Waals surface area contributed by atoms with Crippen LogP contribution in [0.5, 0.6) is 0 Å². The van der Waals surface area contributed by atoms with Crippen LogP contribution in [0.4, 0.5) is 28.9 Å². The van der Waals surface area contributed by atoms with Gasteiger partial charge in [-0.3, -0.25) is 9.80 Å². The Kier molecular flexibility index (Phi) is 6.31. The molecule has 1 heterocycles. The Bertz CT molecular complexity index is 1310. The number of amides is 1. The number of rotatable bonds is 5. The third kappa shape index (κ3) is 5.01. The predicted molar refractivity (Wildman–Crippen MR) is 124 cm³/mol. The molecule has 3 aromatic carbocycles. The van der Waals surface area contributed by atoms with E-state index in [4.69, 9.17) is 6.57 Å². The van der Waals surface area contributed by atoms with Crippen LogP contribution < -0.4 is 5.32 Å². The molecule has 0 aromatic heterocycles. The van der Waals surface area contributed by atoms with E-state index in [0.29, 0.717) is 11.3 Å². The first-order chi connectivity index (χ1) is 16.6. The molecule has 0 aliphatic carbocycles. The summed E-state index contributed by atoms with van der Waals surface area (Å²) in [6, 6.07) is 18.1. The van der Waals surface area contributed by atoms with E-state index in [1.807, 2.05) is 30.3 Å². The molecule has 1 amide bonds. The van der Waals surface area contributed by atoms with E-state index in [1.54, 1.807) is 24.1 Å². The van der Waals surface area contributed by atoms with Crippen molar-refractivity contribution >= 4 is 23.0 Å². The average molecular weight is 480 g/mol. The second-order valence-electron chi connectivity index (χ2n) is 8.34. The monoisotopic (exact) mass is 480 g/mol. The molecule has 0 spiro atoms. The lowest BCUT2D eigenvalue weighted by Gasteiger charge is -2.33. The summed E-state index contributed by atoms with van der Waals surface area (Å²) in [7, 11) is 0. The molecule has 178 valence electrons. The first kappa shape index (κ1) is 24.0. The number of hydrogen-bond donors (Lipinski definition) is 1. The van der Waals surface area contributed by atoms with Crippen LogP contribution in [-0.4, -0.2) is 22.2 Å². The number of carbonyl (C=O) groups is 1. The van der Waals surface area contributed by atoms with Gasteiger partial charge in [-0.25, -0.2) is 9.24 Å². The maximum absolute atomic E-state index is 13.5. The van der Waals surface area contributed by atoms with Gasteiger partial charge < -0.3 is 5.32 Å². The van der Waals surface area contributed by atoms with Crippen LogP contribution in [0.25, 0.3) is 4.85 Å². The first-order valence-corrected chi connectivity index (χ1v) is 10.7. The highest BCUT2D eigenvalue weighted by molar-refractivity contribution is 6.09. The number of anilines is 1. The molecule has 3 aromatic rings. The summed E-state index contributed by atoms with van der Waals surface area (Å²) in [5.41, 5.74) is -0.903. The zero-order valence-electron chi connectivity index (χ0n) is 18.6. The van der Waals surface area contributed by atoms with Gasteiger partial charge in [0.1, 0.15) is 11.4 Å². The summed E-state index contributed by atoms with van der Waals surface area (Å²) >= 11 is 0. The van der Waals surface area contributed by atoms with Crippen LogP contribution in [0, 0.1) is 12.4 Å². The molecule has 4 rings (SSSR count). The van der Waals surface area contributed by atoms with Crippen LogP contribution in [0.1, 0.15) is 30.0 Å². The van der Waals surface area contributed by atoms with Crippen molar-refractivity contribution < 1.29 is 22.4 Å². The lowest BCUT2D eigenvalue weighted by atomic mass is 9.91. The zero-order valence-corrected chi connectivity index (χ0v) is 18.6. The van der Waals surface area contributed by atoms with Crippen molar-refractivity contribution in [3.63, 3.8) is 0 Å². The summed E-state index contributed by atoms with van der Waals surface area (Å²) in [6.45, 7) is 8.92. The SMILES string of the molecule is [C-]#[N+]c1ccc(NC(=O)C2(C)CC(c3ccc(F)cc3)=NN2Cc2ccccc2)cc1C(F)(F)F. The number of benzene rings is 3. The Morgan fingerprint density at radius 3 is 2.43 bits per heavy atom. The van der Waals surface area contributed by atoms with Crippen molar-refractivity contribution in [3.8, 4) is 0 Å². The standard InChI is InChI=1S/C26H20F4N4O/c1-25(24(35)32-20-12-13-22(31-2)21(14-20)26(28,29)30)15-23(18-8-10-19(27)11-9-18)33-34(25)16-17-6-4-3-5-7-17/h3-14H,15-16H2,1H3,(H,32,35). The van der Waals surface area contributed by atoms with Crippen LogP contribution >= 0.6 is 0 Å². The van der Waals surface area contributed by atoms with Crippen molar-refractivity contribution in [2.24, 2.45) is 5.10 Å². The second-order valence-corrected chi connectivity index (χ2v) is 8.34. The molecule has 1 unspecified atom stereocenters. The molecule has 0 saturated carbocycles. The predicted octanol–water partition coefficient (Wildman–Crippen LogP) is 6.40. The van der Waals surface area contributed by atoms with Gasteiger partial charge in [0.15, 0.2) is 5.69 Å². The van der Waals surface area contributed by atoms with Gasteiger partial charge in [-0.15, -0.1) is 0 Å². The Balaban J connectivity index is 1.66. The van der Waals surface area contributed by atoms with Crippen LogP contribution in [-0.2, 0) is 17.5 Å². The number of hydrazone groups is 1. The molecular weight excluding hydrogens is 460 g/mol. The van der Waals surface area contributed by atoms with E-state index in [1.165, 1.54) is 18.2 Å². The highest BCUT2D eigenvalue weighted by Gasteiger charge is 2.45. The number of halogens is 4. The Hall–Kier alpha value is -4.19. The van der Waals surface area contributed by atoms with Gasteiger partial charge in [0.2, 0.25) is 0 Å². The van der Waals surface area contributed by atoms with Gasteiger partial charge in [-0.2, -0.15) is 18.3 Å². The lowest BCUT2D eigenvalue weighted by molar-refractivity contribution is -0.137. The lowest BCUT2D eigenvalue weighted by Crippen LogP contribution is -2.50. The summed E-state index contributed by atoms with van der Waals surface area (Å²) in [6.07, 6.45) is -4.58. The van der Waals surface area contributed by atoms with Crippen LogP contribution in [0.3, 0.4) is 0 Å². The molecule has 0 fully saturated rings. The van der Waals surface area contributed by atoms with Crippen molar-refractivity contribution in [1.82, 2.24) is 5.01 Å². The van der Waals surface area contributed by atoms with Crippen molar-refractivity contribution in [3.05, 3.63) is 107 Å². The fourth-order valence-corrected chi connectivity index (χ4v) is 3.88. The van der Waals surface area contributed by atoms with Gasteiger partial charge in [-0.05, 0) is 42.3 Å². The van der Waals surface area contributed by atoms with E-state index in [0.717, 1.165) is 17.7 Å². The van der Waals surface area contributed by atoms with Gasteiger partial charge in [0, 0.05) is 12.1 Å². The topological polar surface area (TPSA) is 49.1 Å². The number of nitrogens with zero attached hydrogens (tertiary/aromatic N) is 3. The number of nitrogens with one attached hydrogen (secondary N) is 1. The van der Waals surface area contributed by atoms with Crippen molar-refractivity contribution in [1.29, 1.82) is 0 Å². The maximum Gasteiger partial charge on any atom is 0.407 e. The summed E-state index contributed by atoms with van der Waals surface area (Å²) < 4.78 is 53.6. The number of hydrogen-bond acceptors (Lipinski definition) is 3. The minimum absolute atomic E-state index is 0.0779. The molecule has 1 N–H and O–H groups in total. The molecule has 0 radical (unpaired) electrons. The van der Waals surface area contributed by atoms with Crippen molar-refractivity contribution in [2.75, 3.05) is 5.32 Å². The Morgan fingerprint density at radius 1 is 1.11 bits per heavy atom. The van der Waals surface area contributed by atoms with Crippen LogP contribution in [0.15, 0.2) is 77.9 Å². The normalized spacial score (nSPS) is 17.6. The minimum Gasteiger partial charge on any atom is -0.324 e. The molecule has 35 heavy (non-hydrogen) atoms. The van der Waals surface area contributed by atoms with E-state index < -0.39 is 34.7 Å². The first-order valence-electron chi connectivity index (χ1n) is 10.7. The largest absolute Gasteiger partial charge is 0.407 e. The van der Waals surface area contributed by atoms with E-state index in [-0.39, 0.29) is 18.7 Å². The average Bonchev–Trinajstić information content (AvgIpc) is 3.17. The third-order valence-corrected chi connectivity index (χ3v) is 5.84. The summed E-state index contributed by atoms with van der Waals surface area (Å²) in [5.74, 6) is -0.963. The molecule has 1 atom stereocenters.